The Morgan fingerprint density at radius 1 is 1.50 bits per heavy atom. The molecule has 1 N–H and O–H groups in total. The smallest absolute Gasteiger partial charge is 0.0453 e. The summed E-state index contributed by atoms with van der Waals surface area (Å²) in [6.45, 7) is 3.74. The summed E-state index contributed by atoms with van der Waals surface area (Å²) in [5, 5.41) is 4.51. The molecule has 0 aliphatic heterocycles. The zero-order chi connectivity index (χ0) is 10.6. The number of halogens is 2. The number of hydrogen-bond donors (Lipinski definition) is 1. The van der Waals surface area contributed by atoms with E-state index in [1.165, 1.54) is 0 Å². The highest BCUT2D eigenvalue weighted by Crippen LogP contribution is 2.22. The zero-order valence-corrected chi connectivity index (χ0v) is 9.57. The van der Waals surface area contributed by atoms with Gasteiger partial charge in [0.1, 0.15) is 0 Å². The number of likely N-dealkylation sites (N-methyl/N-ethyl adjacent to an activating group) is 1. The molecule has 1 aromatic carbocycles. The van der Waals surface area contributed by atoms with Crippen molar-refractivity contribution in [3.63, 3.8) is 0 Å². The highest BCUT2D eigenvalue weighted by Gasteiger charge is 2.06. The highest BCUT2D eigenvalue weighted by atomic mass is 35.5. The third kappa shape index (κ3) is 3.02. The van der Waals surface area contributed by atoms with Crippen LogP contribution in [0.5, 0.6) is 0 Å². The number of hydrogen-bond acceptors (Lipinski definition) is 1. The maximum Gasteiger partial charge on any atom is 0.0453 e. The van der Waals surface area contributed by atoms with Crippen molar-refractivity contribution >= 4 is 23.2 Å². The van der Waals surface area contributed by atoms with Crippen LogP contribution in [0.15, 0.2) is 30.9 Å². The van der Waals surface area contributed by atoms with Gasteiger partial charge in [-0.2, -0.15) is 0 Å². The van der Waals surface area contributed by atoms with Crippen LogP contribution >= 0.6 is 23.2 Å². The summed E-state index contributed by atoms with van der Waals surface area (Å²) in [7, 11) is 1.90. The molecule has 0 aliphatic rings. The fourth-order valence-corrected chi connectivity index (χ4v) is 1.71. The van der Waals surface area contributed by atoms with Crippen molar-refractivity contribution < 1.29 is 0 Å². The second-order valence-electron chi connectivity index (χ2n) is 3.07. The topological polar surface area (TPSA) is 12.0 Å². The monoisotopic (exact) mass is 229 g/mol. The lowest BCUT2D eigenvalue weighted by molar-refractivity contribution is 0.665. The Bertz CT molecular complexity index is 323. The van der Waals surface area contributed by atoms with E-state index in [-0.39, 0.29) is 6.04 Å². The van der Waals surface area contributed by atoms with E-state index in [1.807, 2.05) is 25.3 Å². The summed E-state index contributed by atoms with van der Waals surface area (Å²) >= 11 is 11.8. The van der Waals surface area contributed by atoms with Crippen LogP contribution in [-0.4, -0.2) is 13.1 Å². The van der Waals surface area contributed by atoms with Gasteiger partial charge in [0.25, 0.3) is 0 Å². The largest absolute Gasteiger partial charge is 0.313 e. The van der Waals surface area contributed by atoms with Crippen LogP contribution in [0.25, 0.3) is 0 Å². The molecule has 0 saturated carbocycles. The van der Waals surface area contributed by atoms with Crippen LogP contribution in [0.3, 0.4) is 0 Å². The van der Waals surface area contributed by atoms with E-state index in [0.717, 1.165) is 12.0 Å². The molecule has 14 heavy (non-hydrogen) atoms. The molecule has 0 bridgehead atoms. The predicted octanol–water partition coefficient (Wildman–Crippen LogP) is 3.31. The Morgan fingerprint density at radius 3 is 2.71 bits per heavy atom. The van der Waals surface area contributed by atoms with Gasteiger partial charge in [0.2, 0.25) is 0 Å². The summed E-state index contributed by atoms with van der Waals surface area (Å²) < 4.78 is 0. The van der Waals surface area contributed by atoms with Crippen molar-refractivity contribution in [2.45, 2.75) is 12.5 Å². The fourth-order valence-electron chi connectivity index (χ4n) is 1.23. The lowest BCUT2D eigenvalue weighted by Crippen LogP contribution is -2.24. The van der Waals surface area contributed by atoms with Crippen LogP contribution in [0.1, 0.15) is 5.56 Å². The summed E-state index contributed by atoms with van der Waals surface area (Å²) in [4.78, 5) is 0. The first-order chi connectivity index (χ1) is 6.67. The van der Waals surface area contributed by atoms with Gasteiger partial charge in [0.05, 0.1) is 0 Å². The molecule has 1 atom stereocenters. The van der Waals surface area contributed by atoms with Crippen LogP contribution in [-0.2, 0) is 6.42 Å². The van der Waals surface area contributed by atoms with Crippen molar-refractivity contribution in [3.05, 3.63) is 46.5 Å². The van der Waals surface area contributed by atoms with Crippen molar-refractivity contribution in [3.8, 4) is 0 Å². The van der Waals surface area contributed by atoms with Gasteiger partial charge < -0.3 is 5.32 Å². The molecule has 0 fully saturated rings. The van der Waals surface area contributed by atoms with E-state index < -0.39 is 0 Å². The fraction of sp³-hybridized carbons (Fsp3) is 0.273. The van der Waals surface area contributed by atoms with Gasteiger partial charge in [-0.3, -0.25) is 0 Å². The highest BCUT2D eigenvalue weighted by molar-refractivity contribution is 6.35. The minimum atomic E-state index is 0.244. The Morgan fingerprint density at radius 2 is 2.21 bits per heavy atom. The lowest BCUT2D eigenvalue weighted by atomic mass is 10.1. The molecule has 0 spiro atoms. The van der Waals surface area contributed by atoms with Gasteiger partial charge in [-0.25, -0.2) is 0 Å². The molecule has 76 valence electrons. The maximum atomic E-state index is 6.04. The van der Waals surface area contributed by atoms with E-state index in [2.05, 4.69) is 11.9 Å². The predicted molar refractivity (Wildman–Crippen MR) is 63.2 cm³/mol. The Kier molecular flexibility index (Phi) is 4.46. The molecule has 0 radical (unpaired) electrons. The van der Waals surface area contributed by atoms with Gasteiger partial charge in [0, 0.05) is 16.1 Å². The molecule has 1 rings (SSSR count). The van der Waals surface area contributed by atoms with Crippen molar-refractivity contribution in [1.29, 1.82) is 0 Å². The summed E-state index contributed by atoms with van der Waals surface area (Å²) in [6, 6.07) is 5.79. The molecule has 0 aromatic heterocycles. The van der Waals surface area contributed by atoms with Crippen LogP contribution < -0.4 is 5.32 Å². The minimum absolute atomic E-state index is 0.244. The van der Waals surface area contributed by atoms with Gasteiger partial charge in [-0.15, -0.1) is 6.58 Å². The molecule has 0 amide bonds. The van der Waals surface area contributed by atoms with Crippen molar-refractivity contribution in [1.82, 2.24) is 5.32 Å². The van der Waals surface area contributed by atoms with Crippen molar-refractivity contribution in [2.24, 2.45) is 0 Å². The molecule has 0 aliphatic carbocycles. The number of rotatable bonds is 4. The molecule has 1 nitrogen and oxygen atoms in total. The summed E-state index contributed by atoms with van der Waals surface area (Å²) in [5.74, 6) is 0. The Balaban J connectivity index is 2.80. The average molecular weight is 230 g/mol. The molecule has 1 aromatic rings. The SMILES string of the molecule is C=CC(Cc1ccc(Cl)cc1Cl)NC. The molecule has 0 saturated heterocycles. The van der Waals surface area contributed by atoms with Crippen LogP contribution in [0, 0.1) is 0 Å². The van der Waals surface area contributed by atoms with E-state index >= 15 is 0 Å². The first-order valence-electron chi connectivity index (χ1n) is 4.41. The standard InChI is InChI=1S/C11H13Cl2N/c1-3-10(14-2)6-8-4-5-9(12)7-11(8)13/h3-5,7,10,14H,1,6H2,2H3. The Labute approximate surface area is 94.7 Å². The van der Waals surface area contributed by atoms with E-state index in [1.54, 1.807) is 6.07 Å². The molecule has 1 unspecified atom stereocenters. The molecule has 3 heteroatoms. The van der Waals surface area contributed by atoms with Crippen LogP contribution in [0.4, 0.5) is 0 Å². The zero-order valence-electron chi connectivity index (χ0n) is 8.06. The third-order valence-corrected chi connectivity index (χ3v) is 2.70. The maximum absolute atomic E-state index is 6.04. The van der Waals surface area contributed by atoms with E-state index in [9.17, 15) is 0 Å². The summed E-state index contributed by atoms with van der Waals surface area (Å²) in [5.41, 5.74) is 1.08. The van der Waals surface area contributed by atoms with Gasteiger partial charge in [0.15, 0.2) is 0 Å². The Hall–Kier alpha value is -0.500. The van der Waals surface area contributed by atoms with Crippen molar-refractivity contribution in [2.75, 3.05) is 7.05 Å². The normalized spacial score (nSPS) is 12.5. The molecule has 0 heterocycles. The van der Waals surface area contributed by atoms with E-state index in [4.69, 9.17) is 23.2 Å². The second-order valence-corrected chi connectivity index (χ2v) is 3.91. The van der Waals surface area contributed by atoms with Gasteiger partial charge >= 0.3 is 0 Å². The third-order valence-electron chi connectivity index (χ3n) is 2.11. The summed E-state index contributed by atoms with van der Waals surface area (Å²) in [6.07, 6.45) is 2.70. The van der Waals surface area contributed by atoms with Gasteiger partial charge in [-0.1, -0.05) is 35.3 Å². The first-order valence-corrected chi connectivity index (χ1v) is 5.16. The second kappa shape index (κ2) is 5.40. The average Bonchev–Trinajstić information content (AvgIpc) is 2.17. The minimum Gasteiger partial charge on any atom is -0.313 e. The van der Waals surface area contributed by atoms with Gasteiger partial charge in [-0.05, 0) is 31.2 Å². The van der Waals surface area contributed by atoms with E-state index in [0.29, 0.717) is 10.0 Å². The molecular formula is C11H13Cl2N. The first kappa shape index (κ1) is 11.6. The molecular weight excluding hydrogens is 217 g/mol. The quantitative estimate of drug-likeness (QED) is 0.782. The number of nitrogens with one attached hydrogen (secondary N) is 1. The number of benzene rings is 1. The lowest BCUT2D eigenvalue weighted by Gasteiger charge is -2.12. The van der Waals surface area contributed by atoms with Crippen LogP contribution in [0.2, 0.25) is 10.0 Å².